The van der Waals surface area contributed by atoms with Gasteiger partial charge in [0.2, 0.25) is 5.91 Å². The van der Waals surface area contributed by atoms with Gasteiger partial charge in [-0.15, -0.1) is 0 Å². The minimum absolute atomic E-state index is 0.000764. The molecule has 0 spiro atoms. The average Bonchev–Trinajstić information content (AvgIpc) is 2.70. The van der Waals surface area contributed by atoms with E-state index in [1.54, 1.807) is 0 Å². The molecule has 0 radical (unpaired) electrons. The zero-order chi connectivity index (χ0) is 19.1. The molecule has 1 N–H and O–H groups in total. The van der Waals surface area contributed by atoms with Crippen LogP contribution in [0.1, 0.15) is 24.0 Å². The summed E-state index contributed by atoms with van der Waals surface area (Å²) >= 11 is 5.89. The molecule has 0 heterocycles. The van der Waals surface area contributed by atoms with Gasteiger partial charge in [0, 0.05) is 11.6 Å². The van der Waals surface area contributed by atoms with E-state index in [1.807, 2.05) is 85.8 Å². The van der Waals surface area contributed by atoms with Crippen LogP contribution < -0.4 is 10.1 Å². The predicted molar refractivity (Wildman–Crippen MR) is 110 cm³/mol. The van der Waals surface area contributed by atoms with Gasteiger partial charge in [-0.25, -0.2) is 0 Å². The van der Waals surface area contributed by atoms with E-state index in [2.05, 4.69) is 5.32 Å². The van der Waals surface area contributed by atoms with E-state index >= 15 is 0 Å². The molecule has 4 heteroatoms. The van der Waals surface area contributed by atoms with Crippen molar-refractivity contribution in [3.05, 3.63) is 95.0 Å². The average molecular weight is 380 g/mol. The van der Waals surface area contributed by atoms with Crippen molar-refractivity contribution in [2.45, 2.75) is 19.3 Å². The molecule has 3 nitrogen and oxygen atoms in total. The van der Waals surface area contributed by atoms with Crippen molar-refractivity contribution in [3.63, 3.8) is 0 Å². The van der Waals surface area contributed by atoms with Crippen molar-refractivity contribution >= 4 is 17.5 Å². The molecule has 0 bridgehead atoms. The van der Waals surface area contributed by atoms with Gasteiger partial charge in [-0.1, -0.05) is 54.1 Å². The van der Waals surface area contributed by atoms with Crippen molar-refractivity contribution in [3.8, 4) is 11.5 Å². The summed E-state index contributed by atoms with van der Waals surface area (Å²) in [6.07, 6.45) is 0.771. The number of hydrogen-bond donors (Lipinski definition) is 1. The Morgan fingerprint density at radius 3 is 2.41 bits per heavy atom. The third-order valence-electron chi connectivity index (χ3n) is 4.36. The summed E-state index contributed by atoms with van der Waals surface area (Å²) in [6.45, 7) is 2.49. The smallest absolute Gasteiger partial charge is 0.227 e. The first-order valence-electron chi connectivity index (χ1n) is 8.97. The van der Waals surface area contributed by atoms with Crippen molar-refractivity contribution in [1.29, 1.82) is 0 Å². The van der Waals surface area contributed by atoms with Crippen molar-refractivity contribution < 1.29 is 9.53 Å². The molecule has 3 rings (SSSR count). The molecule has 138 valence electrons. The van der Waals surface area contributed by atoms with Crippen molar-refractivity contribution in [2.75, 3.05) is 6.54 Å². The SMILES string of the molecule is C[C@H](C(=O)NCCc1ccc(Cl)cc1)c1cccc(Oc2ccccc2)c1. The first-order chi connectivity index (χ1) is 13.1. The van der Waals surface area contributed by atoms with Crippen LogP contribution in [0.3, 0.4) is 0 Å². The lowest BCUT2D eigenvalue weighted by molar-refractivity contribution is -0.122. The van der Waals surface area contributed by atoms with E-state index in [4.69, 9.17) is 16.3 Å². The predicted octanol–water partition coefficient (Wildman–Crippen LogP) is 5.59. The molecule has 0 aliphatic rings. The minimum atomic E-state index is -0.255. The normalized spacial score (nSPS) is 11.6. The summed E-state index contributed by atoms with van der Waals surface area (Å²) < 4.78 is 5.86. The Morgan fingerprint density at radius 2 is 1.67 bits per heavy atom. The molecule has 3 aromatic rings. The minimum Gasteiger partial charge on any atom is -0.457 e. The first-order valence-corrected chi connectivity index (χ1v) is 9.34. The van der Waals surface area contributed by atoms with Crippen LogP contribution in [-0.2, 0) is 11.2 Å². The fourth-order valence-corrected chi connectivity index (χ4v) is 2.88. The second kappa shape index (κ2) is 9.24. The number of ether oxygens (including phenoxy) is 1. The topological polar surface area (TPSA) is 38.3 Å². The second-order valence-electron chi connectivity index (χ2n) is 6.38. The Labute approximate surface area is 164 Å². The zero-order valence-corrected chi connectivity index (χ0v) is 15.9. The van der Waals surface area contributed by atoms with Crippen LogP contribution in [0.2, 0.25) is 5.02 Å². The van der Waals surface area contributed by atoms with E-state index < -0.39 is 0 Å². The lowest BCUT2D eigenvalue weighted by Gasteiger charge is -2.14. The summed E-state index contributed by atoms with van der Waals surface area (Å²) in [4.78, 5) is 12.5. The molecule has 1 amide bonds. The lowest BCUT2D eigenvalue weighted by atomic mass is 10.00. The number of rotatable bonds is 7. The first kappa shape index (κ1) is 19.0. The van der Waals surface area contributed by atoms with Gasteiger partial charge in [-0.05, 0) is 60.9 Å². The monoisotopic (exact) mass is 379 g/mol. The molecule has 27 heavy (non-hydrogen) atoms. The molecular formula is C23H22ClNO2. The quantitative estimate of drug-likeness (QED) is 0.580. The fraction of sp³-hybridized carbons (Fsp3) is 0.174. The zero-order valence-electron chi connectivity index (χ0n) is 15.2. The number of nitrogens with one attached hydrogen (secondary N) is 1. The van der Waals surface area contributed by atoms with Gasteiger partial charge >= 0.3 is 0 Å². The van der Waals surface area contributed by atoms with E-state index in [0.29, 0.717) is 11.6 Å². The highest BCUT2D eigenvalue weighted by molar-refractivity contribution is 6.30. The number of benzene rings is 3. The van der Waals surface area contributed by atoms with E-state index in [-0.39, 0.29) is 11.8 Å². The summed E-state index contributed by atoms with van der Waals surface area (Å²) in [5.74, 6) is 1.24. The van der Waals surface area contributed by atoms with E-state index in [9.17, 15) is 4.79 Å². The van der Waals surface area contributed by atoms with Crippen molar-refractivity contribution in [1.82, 2.24) is 5.32 Å². The third kappa shape index (κ3) is 5.60. The number of para-hydroxylation sites is 1. The second-order valence-corrected chi connectivity index (χ2v) is 6.81. The molecule has 0 aliphatic carbocycles. The Morgan fingerprint density at radius 1 is 0.963 bits per heavy atom. The van der Waals surface area contributed by atoms with Crippen LogP contribution in [0.25, 0.3) is 0 Å². The van der Waals surface area contributed by atoms with Gasteiger partial charge in [0.05, 0.1) is 5.92 Å². The maximum Gasteiger partial charge on any atom is 0.227 e. The van der Waals surface area contributed by atoms with Gasteiger partial charge < -0.3 is 10.1 Å². The number of carbonyl (C=O) groups excluding carboxylic acids is 1. The molecule has 0 unspecified atom stereocenters. The Kier molecular flexibility index (Phi) is 6.50. The molecule has 0 aliphatic heterocycles. The molecule has 0 aromatic heterocycles. The highest BCUT2D eigenvalue weighted by Gasteiger charge is 2.15. The summed E-state index contributed by atoms with van der Waals surface area (Å²) in [5.41, 5.74) is 2.07. The number of carbonyl (C=O) groups is 1. The molecule has 1 atom stereocenters. The number of amides is 1. The maximum absolute atomic E-state index is 12.5. The molecular weight excluding hydrogens is 358 g/mol. The van der Waals surface area contributed by atoms with Gasteiger partial charge in [0.15, 0.2) is 0 Å². The van der Waals surface area contributed by atoms with Gasteiger partial charge in [-0.3, -0.25) is 4.79 Å². The number of hydrogen-bond acceptors (Lipinski definition) is 2. The van der Waals surface area contributed by atoms with Crippen molar-refractivity contribution in [2.24, 2.45) is 0 Å². The molecule has 0 saturated heterocycles. The number of halogens is 1. The maximum atomic E-state index is 12.5. The van der Waals surface area contributed by atoms with Crippen LogP contribution in [0, 0.1) is 0 Å². The highest BCUT2D eigenvalue weighted by atomic mass is 35.5. The Hall–Kier alpha value is -2.78. The molecule has 0 fully saturated rings. The van der Waals surface area contributed by atoms with Crippen LogP contribution >= 0.6 is 11.6 Å². The summed E-state index contributed by atoms with van der Waals surface area (Å²) in [5, 5.41) is 3.72. The van der Waals surface area contributed by atoms with Crippen LogP contribution in [0.4, 0.5) is 0 Å². The summed E-state index contributed by atoms with van der Waals surface area (Å²) in [7, 11) is 0. The lowest BCUT2D eigenvalue weighted by Crippen LogP contribution is -2.29. The highest BCUT2D eigenvalue weighted by Crippen LogP contribution is 2.25. The van der Waals surface area contributed by atoms with Crippen LogP contribution in [-0.4, -0.2) is 12.5 Å². The third-order valence-corrected chi connectivity index (χ3v) is 4.61. The van der Waals surface area contributed by atoms with Crippen LogP contribution in [0.5, 0.6) is 11.5 Å². The summed E-state index contributed by atoms with van der Waals surface area (Å²) in [6, 6.07) is 24.9. The van der Waals surface area contributed by atoms with Gasteiger partial charge in [-0.2, -0.15) is 0 Å². The van der Waals surface area contributed by atoms with E-state index in [1.165, 1.54) is 0 Å². The Bertz CT molecular complexity index is 878. The van der Waals surface area contributed by atoms with Gasteiger partial charge in [0.1, 0.15) is 11.5 Å². The Balaban J connectivity index is 1.56. The fourth-order valence-electron chi connectivity index (χ4n) is 2.76. The molecule has 0 saturated carbocycles. The van der Waals surface area contributed by atoms with Crippen LogP contribution in [0.15, 0.2) is 78.9 Å². The standard InChI is InChI=1S/C23H22ClNO2/c1-17(23(26)25-15-14-18-10-12-20(24)13-11-18)19-6-5-9-22(16-19)27-21-7-3-2-4-8-21/h2-13,16-17H,14-15H2,1H3,(H,25,26)/t17-/m0/s1. The van der Waals surface area contributed by atoms with Gasteiger partial charge in [0.25, 0.3) is 0 Å². The molecule has 3 aromatic carbocycles. The van der Waals surface area contributed by atoms with E-state index in [0.717, 1.165) is 29.0 Å². The largest absolute Gasteiger partial charge is 0.457 e.